The van der Waals surface area contributed by atoms with Gasteiger partial charge in [-0.1, -0.05) is 6.92 Å². The Morgan fingerprint density at radius 2 is 2.00 bits per heavy atom. The summed E-state index contributed by atoms with van der Waals surface area (Å²) < 4.78 is 13.8. The van der Waals surface area contributed by atoms with Crippen LogP contribution in [0.4, 0.5) is 4.39 Å². The lowest BCUT2D eigenvalue weighted by molar-refractivity contribution is -0.136. The molecule has 0 radical (unpaired) electrons. The number of halogens is 1. The lowest BCUT2D eigenvalue weighted by atomic mass is 10.1. The Morgan fingerprint density at radius 3 is 2.57 bits per heavy atom. The van der Waals surface area contributed by atoms with Crippen LogP contribution in [-0.4, -0.2) is 35.1 Å². The number of hydrogen-bond donors (Lipinski definition) is 4. The maximum absolute atomic E-state index is 13.8. The third-order valence-electron chi connectivity index (χ3n) is 3.01. The monoisotopic (exact) mass is 324 g/mol. The third-order valence-corrected chi connectivity index (χ3v) is 3.01. The molecule has 1 aromatic rings. The van der Waals surface area contributed by atoms with Crippen molar-refractivity contribution < 1.29 is 19.1 Å². The van der Waals surface area contributed by atoms with E-state index < -0.39 is 17.7 Å². The van der Waals surface area contributed by atoms with E-state index in [4.69, 9.17) is 16.7 Å². The Hall–Kier alpha value is -2.61. The molecule has 0 atom stereocenters. The van der Waals surface area contributed by atoms with Crippen molar-refractivity contribution in [1.82, 2.24) is 10.3 Å². The fourth-order valence-electron chi connectivity index (χ4n) is 1.97. The van der Waals surface area contributed by atoms with E-state index in [1.165, 1.54) is 23.3 Å². The first-order chi connectivity index (χ1) is 10.9. The molecule has 0 spiro atoms. The van der Waals surface area contributed by atoms with E-state index in [1.54, 1.807) is 0 Å². The van der Waals surface area contributed by atoms with Crippen LogP contribution >= 0.6 is 0 Å². The van der Waals surface area contributed by atoms with Crippen LogP contribution in [0, 0.1) is 5.82 Å². The minimum absolute atomic E-state index is 0.0432. The zero-order valence-electron chi connectivity index (χ0n) is 12.9. The number of hydrazine groups is 1. The number of rotatable bonds is 8. The summed E-state index contributed by atoms with van der Waals surface area (Å²) in [5.41, 5.74) is 6.38. The minimum atomic E-state index is -1.03. The van der Waals surface area contributed by atoms with Gasteiger partial charge in [-0.25, -0.2) is 10.2 Å². The first-order valence-corrected chi connectivity index (χ1v) is 7.14. The Bertz CT molecular complexity index is 604. The minimum Gasteiger partial charge on any atom is -0.481 e. The van der Waals surface area contributed by atoms with Crippen molar-refractivity contribution in [3.8, 4) is 0 Å². The number of aliphatic carboxylic acids is 1. The zero-order valence-corrected chi connectivity index (χ0v) is 12.9. The number of nitrogens with one attached hydrogen (secondary N) is 1. The van der Waals surface area contributed by atoms with Crippen LogP contribution in [0.15, 0.2) is 24.4 Å². The highest BCUT2D eigenvalue weighted by Gasteiger charge is 2.14. The van der Waals surface area contributed by atoms with E-state index in [1.807, 2.05) is 6.92 Å². The maximum Gasteiger partial charge on any atom is 0.305 e. The summed E-state index contributed by atoms with van der Waals surface area (Å²) in [6.45, 7) is 2.40. The average molecular weight is 324 g/mol. The Balaban J connectivity index is 2.98. The van der Waals surface area contributed by atoms with Crippen LogP contribution in [0.1, 0.15) is 35.7 Å². The second-order valence-corrected chi connectivity index (χ2v) is 4.87. The van der Waals surface area contributed by atoms with Gasteiger partial charge in [0.05, 0.1) is 12.1 Å². The number of nitrogens with two attached hydrogens (primary N) is 2. The van der Waals surface area contributed by atoms with Gasteiger partial charge in [0.15, 0.2) is 0 Å². The molecule has 0 aliphatic rings. The average Bonchev–Trinajstić information content (AvgIpc) is 2.47. The smallest absolute Gasteiger partial charge is 0.305 e. The van der Waals surface area contributed by atoms with Crippen molar-refractivity contribution in [2.45, 2.75) is 19.8 Å². The fraction of sp³-hybridized carbons (Fsp3) is 0.333. The number of hydrogen-bond acceptors (Lipinski definition) is 5. The first-order valence-electron chi connectivity index (χ1n) is 7.14. The molecular weight excluding hydrogens is 303 g/mol. The third kappa shape index (κ3) is 5.59. The lowest BCUT2D eigenvalue weighted by Gasteiger charge is -2.21. The molecule has 6 N–H and O–H groups in total. The van der Waals surface area contributed by atoms with Gasteiger partial charge in [0.1, 0.15) is 5.82 Å². The number of carbonyl (C=O) groups excluding carboxylic acids is 1. The molecule has 23 heavy (non-hydrogen) atoms. The summed E-state index contributed by atoms with van der Waals surface area (Å²) in [6, 6.07) is 3.74. The van der Waals surface area contributed by atoms with E-state index in [0.717, 1.165) is 12.5 Å². The maximum atomic E-state index is 13.8. The van der Waals surface area contributed by atoms with E-state index >= 15 is 0 Å². The van der Waals surface area contributed by atoms with Crippen LogP contribution in [0.25, 0.3) is 5.70 Å². The first kappa shape index (κ1) is 18.4. The SMILES string of the molecule is CCCN(N)/C(=C\N)c1cc(F)cc(C(=O)NCCC(=O)O)c1. The molecule has 0 saturated heterocycles. The number of carbonyl (C=O) groups is 2. The molecule has 1 amide bonds. The highest BCUT2D eigenvalue weighted by atomic mass is 19.1. The second-order valence-electron chi connectivity index (χ2n) is 4.87. The Kier molecular flexibility index (Phi) is 7.01. The largest absolute Gasteiger partial charge is 0.481 e. The fourth-order valence-corrected chi connectivity index (χ4v) is 1.97. The molecule has 8 heteroatoms. The number of benzene rings is 1. The summed E-state index contributed by atoms with van der Waals surface area (Å²) >= 11 is 0. The summed E-state index contributed by atoms with van der Waals surface area (Å²) in [4.78, 5) is 22.4. The van der Waals surface area contributed by atoms with Gasteiger partial charge >= 0.3 is 5.97 Å². The molecule has 1 aromatic carbocycles. The predicted molar refractivity (Wildman–Crippen MR) is 84.3 cm³/mol. The van der Waals surface area contributed by atoms with Crippen LogP contribution in [0.5, 0.6) is 0 Å². The molecular formula is C15H21FN4O3. The molecule has 0 fully saturated rings. The van der Waals surface area contributed by atoms with Gasteiger partial charge in [0.2, 0.25) is 0 Å². The normalized spacial score (nSPS) is 11.2. The van der Waals surface area contributed by atoms with Crippen LogP contribution in [0.3, 0.4) is 0 Å². The number of nitrogens with zero attached hydrogens (tertiary/aromatic N) is 1. The predicted octanol–water partition coefficient (Wildman–Crippen LogP) is 0.873. The van der Waals surface area contributed by atoms with Crippen molar-refractivity contribution in [2.75, 3.05) is 13.1 Å². The standard InChI is InChI=1S/C15H21FN4O3/c1-2-5-20(18)13(9-17)10-6-11(8-12(16)7-10)15(23)19-4-3-14(21)22/h6-9H,2-5,17-18H2,1H3,(H,19,23)(H,21,22)/b13-9-. The van der Waals surface area contributed by atoms with Crippen LogP contribution < -0.4 is 16.9 Å². The van der Waals surface area contributed by atoms with Gasteiger partial charge in [-0.2, -0.15) is 0 Å². The lowest BCUT2D eigenvalue weighted by Crippen LogP contribution is -2.31. The van der Waals surface area contributed by atoms with Crippen molar-refractivity contribution in [2.24, 2.45) is 11.6 Å². The van der Waals surface area contributed by atoms with Crippen molar-refractivity contribution in [3.63, 3.8) is 0 Å². The molecule has 126 valence electrons. The van der Waals surface area contributed by atoms with Crippen molar-refractivity contribution in [3.05, 3.63) is 41.3 Å². The Labute approximate surface area is 133 Å². The van der Waals surface area contributed by atoms with Gasteiger partial charge in [-0.15, -0.1) is 0 Å². The summed E-state index contributed by atoms with van der Waals surface area (Å²) in [5, 5.41) is 12.3. The highest BCUT2D eigenvalue weighted by molar-refractivity contribution is 5.95. The van der Waals surface area contributed by atoms with Crippen molar-refractivity contribution in [1.29, 1.82) is 0 Å². The summed E-state index contributed by atoms with van der Waals surface area (Å²) in [6.07, 6.45) is 1.80. The van der Waals surface area contributed by atoms with Crippen LogP contribution in [-0.2, 0) is 4.79 Å². The zero-order chi connectivity index (χ0) is 17.4. The molecule has 0 bridgehead atoms. The van der Waals surface area contributed by atoms with Crippen LogP contribution in [0.2, 0.25) is 0 Å². The topological polar surface area (TPSA) is 122 Å². The molecule has 0 unspecified atom stereocenters. The number of carboxylic acid groups (broad SMARTS) is 1. The summed E-state index contributed by atoms with van der Waals surface area (Å²) in [5.74, 6) is 3.64. The molecule has 1 rings (SSSR count). The van der Waals surface area contributed by atoms with E-state index in [9.17, 15) is 14.0 Å². The molecule has 0 heterocycles. The molecule has 0 aromatic heterocycles. The number of amides is 1. The highest BCUT2D eigenvalue weighted by Crippen LogP contribution is 2.19. The quantitative estimate of drug-likeness (QED) is 0.416. The second kappa shape index (κ2) is 8.74. The number of carboxylic acids is 1. The molecule has 0 aliphatic carbocycles. The van der Waals surface area contributed by atoms with Gasteiger partial charge in [-0.05, 0) is 24.6 Å². The van der Waals surface area contributed by atoms with E-state index in [-0.39, 0.29) is 18.5 Å². The Morgan fingerprint density at radius 1 is 1.35 bits per heavy atom. The van der Waals surface area contributed by atoms with Crippen molar-refractivity contribution >= 4 is 17.6 Å². The van der Waals surface area contributed by atoms with E-state index in [0.29, 0.717) is 17.8 Å². The van der Waals surface area contributed by atoms with Gasteiger partial charge < -0.3 is 21.2 Å². The molecule has 7 nitrogen and oxygen atoms in total. The molecule has 0 saturated carbocycles. The van der Waals surface area contributed by atoms with E-state index in [2.05, 4.69) is 5.32 Å². The van der Waals surface area contributed by atoms with Gasteiger partial charge in [0.25, 0.3) is 5.91 Å². The van der Waals surface area contributed by atoms with Gasteiger partial charge in [-0.3, -0.25) is 9.59 Å². The van der Waals surface area contributed by atoms with Gasteiger partial charge in [0, 0.05) is 30.4 Å². The summed E-state index contributed by atoms with van der Waals surface area (Å²) in [7, 11) is 0. The molecule has 0 aliphatic heterocycles.